The normalized spacial score (nSPS) is 35.8. The highest BCUT2D eigenvalue weighted by Crippen LogP contribution is 2.48. The van der Waals surface area contributed by atoms with Gasteiger partial charge in [0.25, 0.3) is 11.8 Å². The summed E-state index contributed by atoms with van der Waals surface area (Å²) in [5.74, 6) is -0.239. The van der Waals surface area contributed by atoms with E-state index in [0.717, 1.165) is 19.3 Å². The molecule has 3 unspecified atom stereocenters. The Bertz CT molecular complexity index is 376. The Hall–Kier alpha value is -1.39. The van der Waals surface area contributed by atoms with E-state index in [-0.39, 0.29) is 24.7 Å². The Labute approximate surface area is 99.0 Å². The summed E-state index contributed by atoms with van der Waals surface area (Å²) in [6, 6.07) is 0. The van der Waals surface area contributed by atoms with Crippen molar-refractivity contribution in [1.82, 2.24) is 5.06 Å². The van der Waals surface area contributed by atoms with E-state index >= 15 is 0 Å². The smallest absolute Gasteiger partial charge is 0.330 e. The summed E-state index contributed by atoms with van der Waals surface area (Å²) >= 11 is 0. The van der Waals surface area contributed by atoms with Crippen LogP contribution >= 0.6 is 0 Å². The number of hydrogen-bond donors (Lipinski definition) is 0. The van der Waals surface area contributed by atoms with Crippen molar-refractivity contribution < 1.29 is 19.2 Å². The first-order valence-corrected chi connectivity index (χ1v) is 6.22. The van der Waals surface area contributed by atoms with Gasteiger partial charge >= 0.3 is 5.97 Å². The van der Waals surface area contributed by atoms with Crippen molar-refractivity contribution in [3.8, 4) is 0 Å². The number of amides is 2. The van der Waals surface area contributed by atoms with E-state index in [2.05, 4.69) is 0 Å². The lowest BCUT2D eigenvalue weighted by atomic mass is 9.89. The minimum atomic E-state index is -0.397. The predicted octanol–water partition coefficient (Wildman–Crippen LogP) is 1.03. The second-order valence-electron chi connectivity index (χ2n) is 5.27. The molecule has 0 aromatic heterocycles. The van der Waals surface area contributed by atoms with Crippen LogP contribution in [-0.4, -0.2) is 22.8 Å². The predicted molar refractivity (Wildman–Crippen MR) is 56.1 cm³/mol. The van der Waals surface area contributed by atoms with Crippen LogP contribution in [0.4, 0.5) is 0 Å². The summed E-state index contributed by atoms with van der Waals surface area (Å²) in [7, 11) is 0. The van der Waals surface area contributed by atoms with E-state index in [4.69, 9.17) is 4.84 Å². The zero-order valence-corrected chi connectivity index (χ0v) is 9.55. The third-order valence-corrected chi connectivity index (χ3v) is 4.23. The topological polar surface area (TPSA) is 63.7 Å². The molecule has 0 aromatic carbocycles. The highest BCUT2D eigenvalue weighted by molar-refractivity contribution is 6.01. The van der Waals surface area contributed by atoms with Gasteiger partial charge in [-0.05, 0) is 31.1 Å². The third kappa shape index (κ3) is 1.73. The van der Waals surface area contributed by atoms with Gasteiger partial charge in [-0.2, -0.15) is 0 Å². The Morgan fingerprint density at radius 1 is 1.12 bits per heavy atom. The minimum Gasteiger partial charge on any atom is -0.330 e. The molecule has 1 aliphatic heterocycles. The first kappa shape index (κ1) is 10.7. The summed E-state index contributed by atoms with van der Waals surface area (Å²) < 4.78 is 0. The van der Waals surface area contributed by atoms with Crippen molar-refractivity contribution in [2.24, 2.45) is 17.8 Å². The van der Waals surface area contributed by atoms with Gasteiger partial charge in [-0.3, -0.25) is 9.59 Å². The molecule has 3 atom stereocenters. The Morgan fingerprint density at radius 3 is 2.35 bits per heavy atom. The zero-order valence-electron chi connectivity index (χ0n) is 9.55. The molecule has 3 aliphatic rings. The lowest BCUT2D eigenvalue weighted by Crippen LogP contribution is -2.35. The van der Waals surface area contributed by atoms with Gasteiger partial charge in [-0.1, -0.05) is 6.42 Å². The number of hydrogen-bond acceptors (Lipinski definition) is 4. The van der Waals surface area contributed by atoms with E-state index in [0.29, 0.717) is 16.9 Å². The molecule has 3 fully saturated rings. The molecule has 0 radical (unpaired) electrons. The maximum atomic E-state index is 11.9. The second kappa shape index (κ2) is 3.82. The summed E-state index contributed by atoms with van der Waals surface area (Å²) in [6.45, 7) is 0. The fourth-order valence-corrected chi connectivity index (χ4v) is 3.35. The Morgan fingerprint density at radius 2 is 1.82 bits per heavy atom. The van der Waals surface area contributed by atoms with Crippen LogP contribution in [0, 0.1) is 17.8 Å². The fraction of sp³-hybridized carbons (Fsp3) is 0.750. The molecular weight excluding hydrogens is 222 g/mol. The standard InChI is InChI=1S/C12H15NO4/c14-10-3-4-11(15)13(10)17-12(16)9-6-7-1-2-8(9)5-7/h7-9H,1-6H2. The maximum absolute atomic E-state index is 11.9. The van der Waals surface area contributed by atoms with Crippen LogP contribution in [0.3, 0.4) is 0 Å². The molecule has 2 saturated carbocycles. The largest absolute Gasteiger partial charge is 0.336 e. The average Bonchev–Trinajstić information content (AvgIpc) is 2.99. The van der Waals surface area contributed by atoms with Crippen LogP contribution in [0.1, 0.15) is 38.5 Å². The van der Waals surface area contributed by atoms with E-state index in [1.54, 1.807) is 0 Å². The monoisotopic (exact) mass is 237 g/mol. The first-order chi connectivity index (χ1) is 8.15. The quantitative estimate of drug-likeness (QED) is 0.673. The van der Waals surface area contributed by atoms with E-state index in [1.807, 2.05) is 0 Å². The molecule has 92 valence electrons. The van der Waals surface area contributed by atoms with Crippen LogP contribution in [0.15, 0.2) is 0 Å². The fourth-order valence-electron chi connectivity index (χ4n) is 3.35. The molecule has 5 heteroatoms. The molecule has 5 nitrogen and oxygen atoms in total. The molecule has 3 rings (SSSR count). The SMILES string of the molecule is O=C(ON1C(=O)CCC1=O)C1CC2CCC1C2. The highest BCUT2D eigenvalue weighted by atomic mass is 16.7. The molecule has 2 bridgehead atoms. The van der Waals surface area contributed by atoms with Crippen molar-refractivity contribution in [2.45, 2.75) is 38.5 Å². The van der Waals surface area contributed by atoms with Crippen molar-refractivity contribution in [1.29, 1.82) is 0 Å². The molecule has 0 aromatic rings. The molecule has 0 spiro atoms. The molecule has 0 N–H and O–H groups in total. The van der Waals surface area contributed by atoms with E-state index in [9.17, 15) is 14.4 Å². The first-order valence-electron chi connectivity index (χ1n) is 6.22. The number of carbonyl (C=O) groups excluding carboxylic acids is 3. The molecular formula is C12H15NO4. The van der Waals surface area contributed by atoms with Gasteiger partial charge in [0.1, 0.15) is 0 Å². The van der Waals surface area contributed by atoms with Crippen LogP contribution in [-0.2, 0) is 19.2 Å². The lowest BCUT2D eigenvalue weighted by molar-refractivity contribution is -0.201. The second-order valence-corrected chi connectivity index (χ2v) is 5.27. The van der Waals surface area contributed by atoms with Crippen molar-refractivity contribution in [3.63, 3.8) is 0 Å². The summed E-state index contributed by atoms with van der Waals surface area (Å²) in [5.41, 5.74) is 0. The Kier molecular flexibility index (Phi) is 2.42. The molecule has 2 aliphatic carbocycles. The summed E-state index contributed by atoms with van der Waals surface area (Å²) in [4.78, 5) is 39.5. The van der Waals surface area contributed by atoms with E-state index < -0.39 is 11.8 Å². The molecule has 2 amide bonds. The number of imide groups is 1. The number of fused-ring (bicyclic) bond motifs is 2. The summed E-state index contributed by atoms with van der Waals surface area (Å²) in [5, 5.41) is 0.661. The van der Waals surface area contributed by atoms with Gasteiger partial charge in [0, 0.05) is 12.8 Å². The minimum absolute atomic E-state index is 0.102. The van der Waals surface area contributed by atoms with Crippen LogP contribution < -0.4 is 0 Å². The zero-order chi connectivity index (χ0) is 12.0. The van der Waals surface area contributed by atoms with Crippen molar-refractivity contribution >= 4 is 17.8 Å². The van der Waals surface area contributed by atoms with Gasteiger partial charge in [0.15, 0.2) is 0 Å². The van der Waals surface area contributed by atoms with Crippen LogP contribution in [0.25, 0.3) is 0 Å². The number of hydroxylamine groups is 2. The van der Waals surface area contributed by atoms with Crippen molar-refractivity contribution in [3.05, 3.63) is 0 Å². The van der Waals surface area contributed by atoms with Crippen LogP contribution in [0.5, 0.6) is 0 Å². The van der Waals surface area contributed by atoms with Crippen LogP contribution in [0.2, 0.25) is 0 Å². The molecule has 1 heterocycles. The number of carbonyl (C=O) groups is 3. The summed E-state index contributed by atoms with van der Waals surface area (Å²) in [6.07, 6.45) is 4.55. The van der Waals surface area contributed by atoms with Gasteiger partial charge in [0.05, 0.1) is 5.92 Å². The van der Waals surface area contributed by atoms with E-state index in [1.165, 1.54) is 6.42 Å². The number of nitrogens with zero attached hydrogens (tertiary/aromatic N) is 1. The third-order valence-electron chi connectivity index (χ3n) is 4.23. The highest BCUT2D eigenvalue weighted by Gasteiger charge is 2.45. The number of rotatable bonds is 2. The Balaban J connectivity index is 1.64. The average molecular weight is 237 g/mol. The maximum Gasteiger partial charge on any atom is 0.336 e. The molecule has 1 saturated heterocycles. The van der Waals surface area contributed by atoms with Gasteiger partial charge < -0.3 is 4.84 Å². The van der Waals surface area contributed by atoms with Gasteiger partial charge in [-0.15, -0.1) is 5.06 Å². The van der Waals surface area contributed by atoms with Gasteiger partial charge in [0.2, 0.25) is 0 Å². The lowest BCUT2D eigenvalue weighted by Gasteiger charge is -2.21. The molecule has 17 heavy (non-hydrogen) atoms. The van der Waals surface area contributed by atoms with Crippen molar-refractivity contribution in [2.75, 3.05) is 0 Å². The van der Waals surface area contributed by atoms with Gasteiger partial charge in [-0.25, -0.2) is 4.79 Å².